The average molecular weight is 481 g/mol. The van der Waals surface area contributed by atoms with Crippen LogP contribution in [0.1, 0.15) is 32.1 Å². The van der Waals surface area contributed by atoms with Crippen molar-refractivity contribution in [2.75, 3.05) is 26.2 Å². The quantitative estimate of drug-likeness (QED) is 0.509. The van der Waals surface area contributed by atoms with E-state index in [1.807, 2.05) is 6.07 Å². The zero-order valence-electron chi connectivity index (χ0n) is 19.1. The van der Waals surface area contributed by atoms with Crippen LogP contribution < -0.4 is 15.7 Å². The molecule has 2 aromatic carbocycles. The van der Waals surface area contributed by atoms with Gasteiger partial charge in [-0.05, 0) is 80.6 Å². The Balaban J connectivity index is 1.19. The summed E-state index contributed by atoms with van der Waals surface area (Å²) in [4.78, 5) is 27.6. The molecule has 5 rings (SSSR count). The van der Waals surface area contributed by atoms with E-state index in [1.54, 1.807) is 42.5 Å². The maximum Gasteiger partial charge on any atom is 0.344 e. The number of amides is 1. The fourth-order valence-electron chi connectivity index (χ4n) is 5.27. The standard InChI is InChI=1S/C27H29ClN2O4/c28-21-9-6-18(7-10-21)23-14-19-8-11-22(15-25(19)34-27(23)32)33-17-26(31)29-16-20-4-3-13-30-12-2-1-5-24(20)30/h6-11,14-15,20,24H,1-5,12-13,16-17H2,(H,29,31)/t20-,24-/m0/s1. The number of hydrogen-bond acceptors (Lipinski definition) is 5. The molecule has 6 nitrogen and oxygen atoms in total. The lowest BCUT2D eigenvalue weighted by Crippen LogP contribution is -2.51. The lowest BCUT2D eigenvalue weighted by atomic mass is 9.83. The number of fused-ring (bicyclic) bond motifs is 2. The Bertz CT molecular complexity index is 1220. The van der Waals surface area contributed by atoms with Crippen LogP contribution in [0.5, 0.6) is 5.75 Å². The van der Waals surface area contributed by atoms with Gasteiger partial charge < -0.3 is 19.4 Å². The van der Waals surface area contributed by atoms with E-state index in [2.05, 4.69) is 10.2 Å². The molecule has 2 saturated heterocycles. The summed E-state index contributed by atoms with van der Waals surface area (Å²) >= 11 is 5.94. The zero-order chi connectivity index (χ0) is 23.5. The first-order valence-electron chi connectivity index (χ1n) is 12.0. The molecule has 0 radical (unpaired) electrons. The molecule has 0 unspecified atom stereocenters. The van der Waals surface area contributed by atoms with E-state index >= 15 is 0 Å². The van der Waals surface area contributed by atoms with Gasteiger partial charge in [0.1, 0.15) is 11.3 Å². The van der Waals surface area contributed by atoms with E-state index in [0.717, 1.165) is 10.9 Å². The van der Waals surface area contributed by atoms with Crippen LogP contribution in [0.4, 0.5) is 0 Å². The summed E-state index contributed by atoms with van der Waals surface area (Å²) in [5, 5.41) is 4.44. The van der Waals surface area contributed by atoms with Gasteiger partial charge in [-0.1, -0.05) is 30.2 Å². The Labute approximate surface area is 203 Å². The van der Waals surface area contributed by atoms with Gasteiger partial charge in [-0.15, -0.1) is 0 Å². The molecule has 1 amide bonds. The molecule has 3 heterocycles. The summed E-state index contributed by atoms with van der Waals surface area (Å²) in [6.07, 6.45) is 6.18. The molecule has 0 spiro atoms. The highest BCUT2D eigenvalue weighted by molar-refractivity contribution is 6.30. The highest BCUT2D eigenvalue weighted by atomic mass is 35.5. The van der Waals surface area contributed by atoms with Gasteiger partial charge in [0.25, 0.3) is 5.91 Å². The third-order valence-electron chi connectivity index (χ3n) is 7.02. The van der Waals surface area contributed by atoms with Crippen molar-refractivity contribution in [2.45, 2.75) is 38.1 Å². The van der Waals surface area contributed by atoms with E-state index in [9.17, 15) is 9.59 Å². The second-order valence-corrected chi connectivity index (χ2v) is 9.68. The molecule has 0 saturated carbocycles. The number of hydrogen-bond donors (Lipinski definition) is 1. The first-order chi connectivity index (χ1) is 16.6. The molecule has 0 aliphatic carbocycles. The molecule has 2 atom stereocenters. The third kappa shape index (κ3) is 5.13. The monoisotopic (exact) mass is 480 g/mol. The molecule has 1 N–H and O–H groups in total. The minimum Gasteiger partial charge on any atom is -0.484 e. The van der Waals surface area contributed by atoms with Crippen LogP contribution in [0.15, 0.2) is 57.7 Å². The Hall–Kier alpha value is -2.83. The fourth-order valence-corrected chi connectivity index (χ4v) is 5.40. The van der Waals surface area contributed by atoms with Gasteiger partial charge in [0, 0.05) is 29.1 Å². The number of carbonyl (C=O) groups is 1. The van der Waals surface area contributed by atoms with Crippen molar-refractivity contribution in [1.82, 2.24) is 10.2 Å². The van der Waals surface area contributed by atoms with Gasteiger partial charge >= 0.3 is 5.63 Å². The summed E-state index contributed by atoms with van der Waals surface area (Å²) < 4.78 is 11.2. The van der Waals surface area contributed by atoms with Crippen molar-refractivity contribution >= 4 is 28.5 Å². The number of ether oxygens (including phenoxy) is 1. The van der Waals surface area contributed by atoms with E-state index < -0.39 is 5.63 Å². The molecule has 34 heavy (non-hydrogen) atoms. The summed E-state index contributed by atoms with van der Waals surface area (Å²) in [5.41, 5.74) is 1.19. The summed E-state index contributed by atoms with van der Waals surface area (Å²) in [6.45, 7) is 3.01. The molecule has 2 aliphatic heterocycles. The smallest absolute Gasteiger partial charge is 0.344 e. The minimum atomic E-state index is -0.436. The number of nitrogens with one attached hydrogen (secondary N) is 1. The highest BCUT2D eigenvalue weighted by Crippen LogP contribution is 2.30. The minimum absolute atomic E-state index is 0.0697. The van der Waals surface area contributed by atoms with Crippen LogP contribution in [-0.2, 0) is 4.79 Å². The van der Waals surface area contributed by atoms with E-state index in [1.165, 1.54) is 45.2 Å². The molecule has 2 fully saturated rings. The summed E-state index contributed by atoms with van der Waals surface area (Å²) in [7, 11) is 0. The Morgan fingerprint density at radius 1 is 1.06 bits per heavy atom. The number of benzene rings is 2. The number of piperidine rings is 2. The topological polar surface area (TPSA) is 71.8 Å². The van der Waals surface area contributed by atoms with Gasteiger partial charge in [0.2, 0.25) is 0 Å². The predicted molar refractivity (Wildman–Crippen MR) is 133 cm³/mol. The van der Waals surface area contributed by atoms with Gasteiger partial charge in [-0.2, -0.15) is 0 Å². The van der Waals surface area contributed by atoms with E-state index in [4.69, 9.17) is 20.8 Å². The second kappa shape index (κ2) is 10.2. The number of halogens is 1. The van der Waals surface area contributed by atoms with Crippen molar-refractivity contribution in [3.63, 3.8) is 0 Å². The molecule has 7 heteroatoms. The van der Waals surface area contributed by atoms with E-state index in [-0.39, 0.29) is 12.5 Å². The lowest BCUT2D eigenvalue weighted by Gasteiger charge is -2.44. The van der Waals surface area contributed by atoms with E-state index in [0.29, 0.717) is 40.4 Å². The predicted octanol–water partition coefficient (Wildman–Crippen LogP) is 4.87. The first-order valence-corrected chi connectivity index (χ1v) is 12.4. The molecule has 0 bridgehead atoms. The SMILES string of the molecule is O=C(COc1ccc2cc(-c3ccc(Cl)cc3)c(=O)oc2c1)NC[C@@H]1CCCN2CCCC[C@@H]12. The van der Waals surface area contributed by atoms with Crippen LogP contribution in [0.25, 0.3) is 22.1 Å². The summed E-state index contributed by atoms with van der Waals surface area (Å²) in [6, 6.07) is 14.7. The number of rotatable bonds is 6. The summed E-state index contributed by atoms with van der Waals surface area (Å²) in [5.74, 6) is 0.872. The first kappa shape index (κ1) is 22.9. The second-order valence-electron chi connectivity index (χ2n) is 9.25. The van der Waals surface area contributed by atoms with Crippen LogP contribution in [0, 0.1) is 5.92 Å². The van der Waals surface area contributed by atoms with Crippen LogP contribution in [0.2, 0.25) is 5.02 Å². The van der Waals surface area contributed by atoms with Crippen LogP contribution in [-0.4, -0.2) is 43.1 Å². The average Bonchev–Trinajstić information content (AvgIpc) is 2.86. The van der Waals surface area contributed by atoms with Crippen LogP contribution in [0.3, 0.4) is 0 Å². The molecular weight excluding hydrogens is 452 g/mol. The Morgan fingerprint density at radius 3 is 2.74 bits per heavy atom. The van der Waals surface area contributed by atoms with Crippen molar-refractivity contribution in [3.8, 4) is 16.9 Å². The molecular formula is C27H29ClN2O4. The zero-order valence-corrected chi connectivity index (χ0v) is 19.9. The normalized spacial score (nSPS) is 20.6. The van der Waals surface area contributed by atoms with Gasteiger partial charge in [-0.25, -0.2) is 4.79 Å². The number of carbonyl (C=O) groups excluding carboxylic acids is 1. The van der Waals surface area contributed by atoms with Crippen molar-refractivity contribution < 1.29 is 13.9 Å². The third-order valence-corrected chi connectivity index (χ3v) is 7.27. The molecule has 3 aromatic rings. The highest BCUT2D eigenvalue weighted by Gasteiger charge is 2.32. The molecule has 178 valence electrons. The van der Waals surface area contributed by atoms with Gasteiger partial charge in [-0.3, -0.25) is 4.79 Å². The lowest BCUT2D eigenvalue weighted by molar-refractivity contribution is -0.123. The molecule has 1 aromatic heterocycles. The van der Waals surface area contributed by atoms with Crippen LogP contribution >= 0.6 is 11.6 Å². The maximum absolute atomic E-state index is 12.5. The maximum atomic E-state index is 12.5. The van der Waals surface area contributed by atoms with Gasteiger partial charge in [0.15, 0.2) is 6.61 Å². The van der Waals surface area contributed by atoms with Crippen molar-refractivity contribution in [3.05, 3.63) is 64.0 Å². The van der Waals surface area contributed by atoms with Crippen molar-refractivity contribution in [2.24, 2.45) is 5.92 Å². The van der Waals surface area contributed by atoms with Gasteiger partial charge in [0.05, 0.1) is 5.56 Å². The largest absolute Gasteiger partial charge is 0.484 e. The fraction of sp³-hybridized carbons (Fsp3) is 0.407. The molecule has 2 aliphatic rings. The Morgan fingerprint density at radius 2 is 1.88 bits per heavy atom. The number of nitrogens with zero attached hydrogens (tertiary/aromatic N) is 1. The van der Waals surface area contributed by atoms with Crippen molar-refractivity contribution in [1.29, 1.82) is 0 Å². The Kier molecular flexibility index (Phi) is 6.88.